The number of hydrogen-bond acceptors (Lipinski definition) is 5. The molecule has 1 atom stereocenters. The Morgan fingerprint density at radius 1 is 1.21 bits per heavy atom. The molecule has 0 spiro atoms. The standard InChI is InChI=1S/C20H14ClN5OS/c1-11-17(18(26-20(27)24-11)14-6-7-16(21)23-9-14)19-25-15(10-28-19)13-4-2-12(8-22)3-5-13/h2-7,9-10,18H,1H3,(H2,24,26,27). The van der Waals surface area contributed by atoms with Gasteiger partial charge in [0, 0.05) is 28.4 Å². The number of aromatic nitrogens is 2. The molecule has 8 heteroatoms. The molecule has 0 saturated carbocycles. The maximum Gasteiger partial charge on any atom is 0.319 e. The highest BCUT2D eigenvalue weighted by Gasteiger charge is 2.29. The summed E-state index contributed by atoms with van der Waals surface area (Å²) in [5.74, 6) is 0. The van der Waals surface area contributed by atoms with Crippen molar-refractivity contribution in [2.75, 3.05) is 0 Å². The first kappa shape index (κ1) is 18.2. The lowest BCUT2D eigenvalue weighted by atomic mass is 9.97. The number of pyridine rings is 1. The lowest BCUT2D eigenvalue weighted by Crippen LogP contribution is -2.42. The number of urea groups is 1. The summed E-state index contributed by atoms with van der Waals surface area (Å²) in [6.07, 6.45) is 1.65. The molecule has 138 valence electrons. The summed E-state index contributed by atoms with van der Waals surface area (Å²) in [5.41, 5.74) is 4.79. The fraction of sp³-hybridized carbons (Fsp3) is 0.100. The quantitative estimate of drug-likeness (QED) is 0.624. The highest BCUT2D eigenvalue weighted by Crippen LogP contribution is 2.37. The topological polar surface area (TPSA) is 90.7 Å². The van der Waals surface area contributed by atoms with E-state index in [-0.39, 0.29) is 12.1 Å². The van der Waals surface area contributed by atoms with Crippen LogP contribution in [-0.2, 0) is 0 Å². The zero-order valence-corrected chi connectivity index (χ0v) is 16.3. The number of nitrogens with one attached hydrogen (secondary N) is 2. The van der Waals surface area contributed by atoms with Gasteiger partial charge in [0.15, 0.2) is 0 Å². The van der Waals surface area contributed by atoms with E-state index in [0.717, 1.165) is 33.1 Å². The number of halogens is 1. The smallest absolute Gasteiger partial charge is 0.319 e. The zero-order valence-electron chi connectivity index (χ0n) is 14.7. The Morgan fingerprint density at radius 2 is 2.00 bits per heavy atom. The Kier molecular flexibility index (Phi) is 4.82. The van der Waals surface area contributed by atoms with Gasteiger partial charge < -0.3 is 10.6 Å². The summed E-state index contributed by atoms with van der Waals surface area (Å²) in [6, 6.07) is 12.3. The number of amides is 2. The van der Waals surface area contributed by atoms with Crippen molar-refractivity contribution in [3.05, 3.63) is 75.0 Å². The van der Waals surface area contributed by atoms with Crippen LogP contribution in [0.5, 0.6) is 0 Å². The van der Waals surface area contributed by atoms with Crippen molar-refractivity contribution in [3.63, 3.8) is 0 Å². The van der Waals surface area contributed by atoms with Crippen molar-refractivity contribution in [2.24, 2.45) is 0 Å². The molecule has 28 heavy (non-hydrogen) atoms. The molecule has 1 aliphatic heterocycles. The van der Waals surface area contributed by atoms with E-state index in [2.05, 4.69) is 21.7 Å². The first-order chi connectivity index (χ1) is 13.5. The minimum atomic E-state index is -0.376. The summed E-state index contributed by atoms with van der Waals surface area (Å²) in [6.45, 7) is 1.85. The second-order valence-electron chi connectivity index (χ2n) is 6.21. The van der Waals surface area contributed by atoms with Gasteiger partial charge in [0.05, 0.1) is 23.4 Å². The van der Waals surface area contributed by atoms with Gasteiger partial charge in [-0.05, 0) is 30.7 Å². The third-order valence-corrected chi connectivity index (χ3v) is 5.50. The Morgan fingerprint density at radius 3 is 2.68 bits per heavy atom. The van der Waals surface area contributed by atoms with E-state index in [0.29, 0.717) is 10.7 Å². The number of carbonyl (C=O) groups is 1. The summed E-state index contributed by atoms with van der Waals surface area (Å²) in [7, 11) is 0. The Bertz CT molecular complexity index is 1110. The molecule has 0 radical (unpaired) electrons. The largest absolute Gasteiger partial charge is 0.327 e. The number of thiazole rings is 1. The molecule has 2 N–H and O–H groups in total. The van der Waals surface area contributed by atoms with Gasteiger partial charge in [0.25, 0.3) is 0 Å². The van der Waals surface area contributed by atoms with Crippen LogP contribution in [0.4, 0.5) is 4.79 Å². The number of nitriles is 1. The molecule has 2 aromatic heterocycles. The van der Waals surface area contributed by atoms with Gasteiger partial charge in [0.2, 0.25) is 0 Å². The van der Waals surface area contributed by atoms with E-state index in [4.69, 9.17) is 21.8 Å². The van der Waals surface area contributed by atoms with E-state index >= 15 is 0 Å². The maximum atomic E-state index is 12.0. The minimum Gasteiger partial charge on any atom is -0.327 e. The molecular weight excluding hydrogens is 394 g/mol. The molecule has 0 aliphatic carbocycles. The highest BCUT2D eigenvalue weighted by atomic mass is 35.5. The average molecular weight is 408 g/mol. The van der Waals surface area contributed by atoms with E-state index in [1.807, 2.05) is 30.5 Å². The van der Waals surface area contributed by atoms with Crippen LogP contribution in [0, 0.1) is 11.3 Å². The monoisotopic (exact) mass is 407 g/mol. The van der Waals surface area contributed by atoms with Crippen LogP contribution in [0.3, 0.4) is 0 Å². The number of benzene rings is 1. The summed E-state index contributed by atoms with van der Waals surface area (Å²) >= 11 is 7.40. The molecule has 1 aliphatic rings. The number of carbonyl (C=O) groups excluding carboxylic acids is 1. The molecule has 4 rings (SSSR count). The third-order valence-electron chi connectivity index (χ3n) is 4.40. The van der Waals surface area contributed by atoms with E-state index in [1.165, 1.54) is 11.3 Å². The third kappa shape index (κ3) is 3.48. The fourth-order valence-electron chi connectivity index (χ4n) is 3.03. The second kappa shape index (κ2) is 7.43. The van der Waals surface area contributed by atoms with Crippen LogP contribution >= 0.6 is 22.9 Å². The molecule has 1 aromatic carbocycles. The number of allylic oxidation sites excluding steroid dienone is 1. The van der Waals surface area contributed by atoms with Crippen molar-refractivity contribution < 1.29 is 4.79 Å². The normalized spacial score (nSPS) is 16.3. The maximum absolute atomic E-state index is 12.0. The first-order valence-electron chi connectivity index (χ1n) is 8.41. The molecular formula is C20H14ClN5OS. The van der Waals surface area contributed by atoms with Gasteiger partial charge in [-0.15, -0.1) is 11.3 Å². The molecule has 3 heterocycles. The first-order valence-corrected chi connectivity index (χ1v) is 9.67. The average Bonchev–Trinajstić information content (AvgIpc) is 3.17. The second-order valence-corrected chi connectivity index (χ2v) is 7.46. The van der Waals surface area contributed by atoms with Gasteiger partial charge in [-0.25, -0.2) is 14.8 Å². The van der Waals surface area contributed by atoms with E-state index < -0.39 is 0 Å². The molecule has 0 fully saturated rings. The van der Waals surface area contributed by atoms with Crippen molar-refractivity contribution in [1.29, 1.82) is 5.26 Å². The van der Waals surface area contributed by atoms with Crippen LogP contribution in [0.25, 0.3) is 16.8 Å². The Labute approximate surface area is 170 Å². The predicted octanol–water partition coefficient (Wildman–Crippen LogP) is 4.52. The number of hydrogen-bond donors (Lipinski definition) is 2. The van der Waals surface area contributed by atoms with E-state index in [9.17, 15) is 4.79 Å². The Hall–Kier alpha value is -3.21. The van der Waals surface area contributed by atoms with Crippen LogP contribution in [0.1, 0.15) is 29.1 Å². The zero-order chi connectivity index (χ0) is 19.7. The van der Waals surface area contributed by atoms with Gasteiger partial charge in [-0.1, -0.05) is 29.8 Å². The number of rotatable bonds is 3. The molecule has 2 amide bonds. The minimum absolute atomic E-state index is 0.273. The van der Waals surface area contributed by atoms with Gasteiger partial charge in [-0.3, -0.25) is 0 Å². The summed E-state index contributed by atoms with van der Waals surface area (Å²) in [5, 5.41) is 17.9. The van der Waals surface area contributed by atoms with Crippen molar-refractivity contribution >= 4 is 34.5 Å². The summed E-state index contributed by atoms with van der Waals surface area (Å²) in [4.78, 5) is 20.9. The fourth-order valence-corrected chi connectivity index (χ4v) is 4.10. The molecule has 6 nitrogen and oxygen atoms in total. The molecule has 1 unspecified atom stereocenters. The van der Waals surface area contributed by atoms with Crippen LogP contribution < -0.4 is 10.6 Å². The van der Waals surface area contributed by atoms with Crippen LogP contribution in [0.2, 0.25) is 5.15 Å². The summed E-state index contributed by atoms with van der Waals surface area (Å²) < 4.78 is 0. The van der Waals surface area contributed by atoms with Crippen molar-refractivity contribution in [3.8, 4) is 17.3 Å². The highest BCUT2D eigenvalue weighted by molar-refractivity contribution is 7.11. The van der Waals surface area contributed by atoms with Crippen LogP contribution in [-0.4, -0.2) is 16.0 Å². The molecule has 0 saturated heterocycles. The molecule has 3 aromatic rings. The molecule has 0 bridgehead atoms. The lowest BCUT2D eigenvalue weighted by Gasteiger charge is -2.28. The van der Waals surface area contributed by atoms with Crippen molar-refractivity contribution in [2.45, 2.75) is 13.0 Å². The lowest BCUT2D eigenvalue weighted by molar-refractivity contribution is 0.240. The van der Waals surface area contributed by atoms with Gasteiger partial charge in [-0.2, -0.15) is 5.26 Å². The predicted molar refractivity (Wildman–Crippen MR) is 109 cm³/mol. The van der Waals surface area contributed by atoms with Crippen LogP contribution in [0.15, 0.2) is 53.7 Å². The number of nitrogens with zero attached hydrogens (tertiary/aromatic N) is 3. The van der Waals surface area contributed by atoms with E-state index in [1.54, 1.807) is 24.4 Å². The van der Waals surface area contributed by atoms with Gasteiger partial charge >= 0.3 is 6.03 Å². The SMILES string of the molecule is CC1=C(c2nc(-c3ccc(C#N)cc3)cs2)C(c2ccc(Cl)nc2)NC(=O)N1. The van der Waals surface area contributed by atoms with Crippen molar-refractivity contribution in [1.82, 2.24) is 20.6 Å². The van der Waals surface area contributed by atoms with Gasteiger partial charge in [0.1, 0.15) is 10.2 Å². The Balaban J connectivity index is 1.73.